The van der Waals surface area contributed by atoms with E-state index in [2.05, 4.69) is 24.5 Å². The van der Waals surface area contributed by atoms with Gasteiger partial charge in [0.2, 0.25) is 11.4 Å². The predicted molar refractivity (Wildman–Crippen MR) is 140 cm³/mol. The van der Waals surface area contributed by atoms with Crippen molar-refractivity contribution in [2.45, 2.75) is 33.2 Å². The van der Waals surface area contributed by atoms with E-state index in [4.69, 9.17) is 32.5 Å². The highest BCUT2D eigenvalue weighted by molar-refractivity contribution is 7.85. The minimum atomic E-state index is -4.05. The minimum Gasteiger partial charge on any atom is -0.439 e. The summed E-state index contributed by atoms with van der Waals surface area (Å²) in [6.07, 6.45) is 5.12. The molecule has 1 aliphatic heterocycles. The zero-order valence-corrected chi connectivity index (χ0v) is 21.9. The highest BCUT2D eigenvalue weighted by atomic mass is 35.5. The zero-order chi connectivity index (χ0) is 24.5. The van der Waals surface area contributed by atoms with Crippen molar-refractivity contribution >= 4 is 66.6 Å². The van der Waals surface area contributed by atoms with Gasteiger partial charge in [0.15, 0.2) is 5.75 Å². The van der Waals surface area contributed by atoms with E-state index in [1.807, 2.05) is 29.2 Å². The van der Waals surface area contributed by atoms with Gasteiger partial charge < -0.3 is 9.64 Å². The third-order valence-electron chi connectivity index (χ3n) is 5.51. The van der Waals surface area contributed by atoms with Crippen LogP contribution in [0.4, 0.5) is 5.69 Å². The van der Waals surface area contributed by atoms with Gasteiger partial charge in [-0.05, 0) is 55.7 Å². The molecule has 0 radical (unpaired) electrons. The van der Waals surface area contributed by atoms with E-state index < -0.39 is 10.1 Å². The second-order valence-electron chi connectivity index (χ2n) is 7.86. The number of aryl methyl sites for hydroxylation is 1. The number of rotatable bonds is 8. The smallest absolute Gasteiger partial charge is 0.264 e. The van der Waals surface area contributed by atoms with Crippen molar-refractivity contribution in [3.8, 4) is 5.75 Å². The Morgan fingerprint density at radius 1 is 1.18 bits per heavy atom. The lowest BCUT2D eigenvalue weighted by Crippen LogP contribution is -2.33. The Morgan fingerprint density at radius 2 is 1.91 bits per heavy atom. The molecular formula is C24H25Cl2N2O4S2+. The average molecular weight is 541 g/mol. The van der Waals surface area contributed by atoms with E-state index in [0.717, 1.165) is 39.5 Å². The second-order valence-corrected chi connectivity index (χ2v) is 11.4. The third kappa shape index (κ3) is 5.58. The fourth-order valence-corrected chi connectivity index (χ4v) is 5.90. The summed E-state index contributed by atoms with van der Waals surface area (Å²) in [5, 5.41) is 2.37. The number of hydrogen-bond donors (Lipinski definition) is 1. The molecule has 6 nitrogen and oxygen atoms in total. The lowest BCUT2D eigenvalue weighted by molar-refractivity contribution is -0.665. The second kappa shape index (κ2) is 10.3. The number of aromatic nitrogens is 1. The molecule has 1 aromatic heterocycles. The number of allylic oxidation sites excluding steroid dienone is 2. The van der Waals surface area contributed by atoms with Gasteiger partial charge in [0.25, 0.3) is 15.1 Å². The molecule has 4 rings (SSSR count). The largest absolute Gasteiger partial charge is 0.439 e. The zero-order valence-electron chi connectivity index (χ0n) is 18.8. The van der Waals surface area contributed by atoms with Crippen LogP contribution in [-0.4, -0.2) is 25.3 Å². The lowest BCUT2D eigenvalue weighted by Gasteiger charge is -2.18. The molecule has 34 heavy (non-hydrogen) atoms. The maximum atomic E-state index is 11.2. The molecule has 1 aliphatic rings. The van der Waals surface area contributed by atoms with Gasteiger partial charge in [-0.3, -0.25) is 4.55 Å². The van der Waals surface area contributed by atoms with Gasteiger partial charge in [0, 0.05) is 34.8 Å². The van der Waals surface area contributed by atoms with Gasteiger partial charge in [-0.15, -0.1) is 0 Å². The van der Waals surface area contributed by atoms with Crippen LogP contribution in [0, 0.1) is 0 Å². The first-order valence-corrected chi connectivity index (χ1v) is 14.1. The maximum Gasteiger partial charge on any atom is 0.264 e. The molecule has 0 atom stereocenters. The van der Waals surface area contributed by atoms with Crippen molar-refractivity contribution in [3.05, 3.63) is 69.0 Å². The van der Waals surface area contributed by atoms with E-state index >= 15 is 0 Å². The Bertz CT molecular complexity index is 1400. The molecule has 3 aromatic rings. The van der Waals surface area contributed by atoms with Crippen LogP contribution in [0.3, 0.4) is 0 Å². The summed E-state index contributed by atoms with van der Waals surface area (Å²) in [5.41, 5.74) is 2.92. The molecule has 0 bridgehead atoms. The number of nitrogens with zero attached hydrogens (tertiary/aromatic N) is 2. The third-order valence-corrected chi connectivity index (χ3v) is 7.90. The van der Waals surface area contributed by atoms with Crippen molar-refractivity contribution in [1.29, 1.82) is 0 Å². The summed E-state index contributed by atoms with van der Waals surface area (Å²) in [5.74, 6) is 0.912. The summed E-state index contributed by atoms with van der Waals surface area (Å²) < 4.78 is 41.1. The summed E-state index contributed by atoms with van der Waals surface area (Å²) in [6.45, 7) is 5.34. The Labute approximate surface area is 213 Å². The average Bonchev–Trinajstić information content (AvgIpc) is 3.29. The van der Waals surface area contributed by atoms with E-state index in [9.17, 15) is 8.42 Å². The lowest BCUT2D eigenvalue weighted by atomic mass is 10.2. The highest BCUT2D eigenvalue weighted by Gasteiger charge is 2.27. The van der Waals surface area contributed by atoms with E-state index in [-0.39, 0.29) is 12.2 Å². The summed E-state index contributed by atoms with van der Waals surface area (Å²) >= 11 is 14.1. The molecule has 2 heterocycles. The first-order valence-electron chi connectivity index (χ1n) is 10.9. The number of fused-ring (bicyclic) bond motifs is 2. The van der Waals surface area contributed by atoms with Gasteiger partial charge in [-0.2, -0.15) is 13.0 Å². The van der Waals surface area contributed by atoms with Crippen LogP contribution in [0.25, 0.3) is 16.3 Å². The molecule has 0 fully saturated rings. The fraction of sp³-hybridized carbons (Fsp3) is 0.292. The Kier molecular flexibility index (Phi) is 7.54. The van der Waals surface area contributed by atoms with Crippen molar-refractivity contribution in [2.75, 3.05) is 17.2 Å². The molecular weight excluding hydrogens is 515 g/mol. The molecule has 1 N–H and O–H groups in total. The molecule has 0 aliphatic carbocycles. The molecule has 0 saturated heterocycles. The number of benzene rings is 2. The fourth-order valence-electron chi connectivity index (χ4n) is 3.89. The topological polar surface area (TPSA) is 70.7 Å². The van der Waals surface area contributed by atoms with E-state index in [1.54, 1.807) is 29.5 Å². The standard InChI is InChI=1S/C24H24Cl2N2O4S2/c1-3-16(13-24-27(4-2)20-15-18(26)7-9-22(20)33-24)12-23-28(10-5-11-34(29,30)31)19-14-17(25)6-8-21(19)32-23/h6-9,12-15H,3-5,10-11H2,1-2H3/p+1. The number of hydrogen-bond acceptors (Lipinski definition) is 5. The van der Waals surface area contributed by atoms with Crippen LogP contribution < -0.4 is 14.2 Å². The van der Waals surface area contributed by atoms with E-state index in [1.165, 1.54) is 0 Å². The van der Waals surface area contributed by atoms with Crippen LogP contribution in [0.15, 0.2) is 53.9 Å². The minimum absolute atomic E-state index is 0.240. The normalized spacial score (nSPS) is 15.3. The molecule has 10 heteroatoms. The quantitative estimate of drug-likeness (QED) is 0.267. The Hall–Kier alpha value is -2.10. The Balaban J connectivity index is 1.71. The van der Waals surface area contributed by atoms with Crippen molar-refractivity contribution in [3.63, 3.8) is 0 Å². The van der Waals surface area contributed by atoms with Gasteiger partial charge >= 0.3 is 0 Å². The molecule has 0 saturated carbocycles. The number of anilines is 1. The highest BCUT2D eigenvalue weighted by Crippen LogP contribution is 2.41. The van der Waals surface area contributed by atoms with Crippen LogP contribution in [0.2, 0.25) is 10.0 Å². The number of thiazole rings is 1. The number of ether oxygens (including phenoxy) is 1. The van der Waals surface area contributed by atoms with Gasteiger partial charge in [-0.25, -0.2) is 0 Å². The SMILES string of the molecule is CCC(=Cc1sc2ccc(Cl)cc2[n+]1CC)C=C1Oc2ccc(Cl)cc2N1CCCS(=O)(=O)O. The monoisotopic (exact) mass is 539 g/mol. The van der Waals surface area contributed by atoms with Crippen LogP contribution >= 0.6 is 34.5 Å². The van der Waals surface area contributed by atoms with Gasteiger partial charge in [0.1, 0.15) is 11.2 Å². The van der Waals surface area contributed by atoms with Crippen molar-refractivity contribution in [1.82, 2.24) is 0 Å². The summed E-state index contributed by atoms with van der Waals surface area (Å²) in [4.78, 5) is 1.90. The van der Waals surface area contributed by atoms with Crippen LogP contribution in [-0.2, 0) is 16.7 Å². The van der Waals surface area contributed by atoms with Crippen molar-refractivity contribution in [2.24, 2.45) is 0 Å². The van der Waals surface area contributed by atoms with E-state index in [0.29, 0.717) is 28.2 Å². The predicted octanol–water partition coefficient (Wildman–Crippen LogP) is 6.33. The summed E-state index contributed by atoms with van der Waals surface area (Å²) in [7, 11) is -4.05. The molecule has 0 unspecified atom stereocenters. The first-order chi connectivity index (χ1) is 16.2. The van der Waals surface area contributed by atoms with Gasteiger partial charge in [-0.1, -0.05) is 41.5 Å². The first kappa shape index (κ1) is 25.0. The van der Waals surface area contributed by atoms with Gasteiger partial charge in [0.05, 0.1) is 11.4 Å². The van der Waals surface area contributed by atoms with Crippen LogP contribution in [0.1, 0.15) is 31.7 Å². The molecule has 2 aromatic carbocycles. The van der Waals surface area contributed by atoms with Crippen LogP contribution in [0.5, 0.6) is 5.75 Å². The molecule has 0 spiro atoms. The Morgan fingerprint density at radius 3 is 2.62 bits per heavy atom. The molecule has 180 valence electrons. The maximum absolute atomic E-state index is 11.2. The summed E-state index contributed by atoms with van der Waals surface area (Å²) in [6, 6.07) is 11.3. The van der Waals surface area contributed by atoms with Crippen molar-refractivity contribution < 1.29 is 22.3 Å². The number of halogens is 2. The molecule has 0 amide bonds.